The fourth-order valence-corrected chi connectivity index (χ4v) is 5.77. The van der Waals surface area contributed by atoms with Crippen molar-refractivity contribution in [1.82, 2.24) is 14.7 Å². The van der Waals surface area contributed by atoms with Crippen LogP contribution in [0.2, 0.25) is 0 Å². The van der Waals surface area contributed by atoms with Crippen molar-refractivity contribution in [3.63, 3.8) is 0 Å². The molecule has 1 aromatic heterocycles. The number of nitrogen functional groups attached to an aromatic ring is 1. The Hall–Kier alpha value is -3.06. The zero-order valence-electron chi connectivity index (χ0n) is 20.2. The maximum absolute atomic E-state index is 5.87. The van der Waals surface area contributed by atoms with Crippen LogP contribution in [0.15, 0.2) is 53.9 Å². The van der Waals surface area contributed by atoms with E-state index in [-0.39, 0.29) is 0 Å². The summed E-state index contributed by atoms with van der Waals surface area (Å²) in [6.07, 6.45) is 10.8. The molecule has 0 radical (unpaired) electrons. The molecule has 1 saturated carbocycles. The zero-order chi connectivity index (χ0) is 23.5. The Morgan fingerprint density at radius 2 is 1.76 bits per heavy atom. The molecule has 1 atom stereocenters. The van der Waals surface area contributed by atoms with E-state index in [2.05, 4.69) is 50.2 Å². The Kier molecular flexibility index (Phi) is 6.72. The average molecular weight is 462 g/mol. The molecule has 0 spiro atoms. The SMILES string of the molecule is CO/N=C(/c1ccc2cc(OC)ccc2c1)C1CCCN(C2CCC(n3cc(N)cn3)CC2)C1. The van der Waals surface area contributed by atoms with Crippen molar-refractivity contribution in [3.05, 3.63) is 54.4 Å². The van der Waals surface area contributed by atoms with Gasteiger partial charge in [0, 0.05) is 30.3 Å². The number of likely N-dealkylation sites (tertiary alicyclic amines) is 1. The van der Waals surface area contributed by atoms with Crippen LogP contribution in [0.1, 0.15) is 50.1 Å². The van der Waals surface area contributed by atoms with Gasteiger partial charge in [0.15, 0.2) is 0 Å². The summed E-state index contributed by atoms with van der Waals surface area (Å²) < 4.78 is 7.44. The summed E-state index contributed by atoms with van der Waals surface area (Å²) in [6, 6.07) is 13.8. The second-order valence-electron chi connectivity index (χ2n) is 9.64. The lowest BCUT2D eigenvalue weighted by Crippen LogP contribution is -2.46. The summed E-state index contributed by atoms with van der Waals surface area (Å²) in [5, 5.41) is 11.3. The average Bonchev–Trinajstić information content (AvgIpc) is 3.33. The van der Waals surface area contributed by atoms with Gasteiger partial charge in [0.25, 0.3) is 0 Å². The van der Waals surface area contributed by atoms with Crippen molar-refractivity contribution in [1.29, 1.82) is 0 Å². The van der Waals surface area contributed by atoms with E-state index in [1.807, 2.05) is 12.3 Å². The Morgan fingerprint density at radius 3 is 2.50 bits per heavy atom. The maximum atomic E-state index is 5.87. The van der Waals surface area contributed by atoms with E-state index in [1.54, 1.807) is 20.4 Å². The lowest BCUT2D eigenvalue weighted by Gasteiger charge is -2.41. The molecular formula is C27H35N5O2. The van der Waals surface area contributed by atoms with E-state index >= 15 is 0 Å². The molecule has 34 heavy (non-hydrogen) atoms. The highest BCUT2D eigenvalue weighted by molar-refractivity contribution is 6.04. The normalized spacial score (nSPS) is 24.3. The molecule has 1 unspecified atom stereocenters. The van der Waals surface area contributed by atoms with Gasteiger partial charge in [-0.15, -0.1) is 0 Å². The fourth-order valence-electron chi connectivity index (χ4n) is 5.77. The first-order valence-corrected chi connectivity index (χ1v) is 12.4. The van der Waals surface area contributed by atoms with Gasteiger partial charge in [-0.3, -0.25) is 9.58 Å². The number of benzene rings is 2. The van der Waals surface area contributed by atoms with Gasteiger partial charge in [0.1, 0.15) is 12.9 Å². The van der Waals surface area contributed by atoms with Crippen LogP contribution in [0.4, 0.5) is 5.69 Å². The van der Waals surface area contributed by atoms with Crippen LogP contribution in [0, 0.1) is 5.92 Å². The molecule has 2 N–H and O–H groups in total. The lowest BCUT2D eigenvalue weighted by atomic mass is 9.85. The smallest absolute Gasteiger partial charge is 0.119 e. The summed E-state index contributed by atoms with van der Waals surface area (Å²) >= 11 is 0. The number of hydrogen-bond donors (Lipinski definition) is 1. The summed E-state index contributed by atoms with van der Waals surface area (Å²) in [5.74, 6) is 1.24. The van der Waals surface area contributed by atoms with Gasteiger partial charge < -0.3 is 15.3 Å². The van der Waals surface area contributed by atoms with Crippen LogP contribution in [0.3, 0.4) is 0 Å². The molecule has 1 saturated heterocycles. The standard InChI is InChI=1S/C27H35N5O2/c1-33-26-12-7-19-14-21(6-5-20(19)15-26)27(30-34-2)22-4-3-13-31(17-22)24-8-10-25(11-9-24)32-18-23(28)16-29-32/h5-7,12,14-16,18,22,24-25H,3-4,8-11,13,17,28H2,1-2H3/b30-27-. The summed E-state index contributed by atoms with van der Waals surface area (Å²) in [4.78, 5) is 8.03. The van der Waals surface area contributed by atoms with Crippen LogP contribution in [-0.2, 0) is 4.84 Å². The first-order valence-electron chi connectivity index (χ1n) is 12.4. The largest absolute Gasteiger partial charge is 0.497 e. The van der Waals surface area contributed by atoms with Crippen molar-refractivity contribution < 1.29 is 9.57 Å². The molecule has 1 aliphatic carbocycles. The van der Waals surface area contributed by atoms with Gasteiger partial charge in [0.05, 0.1) is 30.7 Å². The van der Waals surface area contributed by atoms with Gasteiger partial charge in [-0.2, -0.15) is 5.10 Å². The van der Waals surface area contributed by atoms with Crippen molar-refractivity contribution in [2.45, 2.75) is 50.6 Å². The predicted octanol–water partition coefficient (Wildman–Crippen LogP) is 4.87. The van der Waals surface area contributed by atoms with Crippen LogP contribution >= 0.6 is 0 Å². The molecule has 7 heteroatoms. The van der Waals surface area contributed by atoms with Gasteiger partial charge >= 0.3 is 0 Å². The Bertz CT molecular complexity index is 1150. The zero-order valence-corrected chi connectivity index (χ0v) is 20.2. The highest BCUT2D eigenvalue weighted by atomic mass is 16.6. The van der Waals surface area contributed by atoms with E-state index in [1.165, 1.54) is 36.6 Å². The Labute approximate surface area is 201 Å². The second kappa shape index (κ2) is 10.1. The number of hydrogen-bond acceptors (Lipinski definition) is 6. The molecule has 3 aromatic rings. The van der Waals surface area contributed by atoms with Gasteiger partial charge in [-0.05, 0) is 74.0 Å². The number of methoxy groups -OCH3 is 1. The van der Waals surface area contributed by atoms with Gasteiger partial charge in [-0.25, -0.2) is 0 Å². The second-order valence-corrected chi connectivity index (χ2v) is 9.64. The highest BCUT2D eigenvalue weighted by Crippen LogP contribution is 2.34. The molecule has 2 fully saturated rings. The van der Waals surface area contributed by atoms with E-state index in [0.29, 0.717) is 18.0 Å². The molecule has 0 bridgehead atoms. The number of ether oxygens (including phenoxy) is 1. The quantitative estimate of drug-likeness (QED) is 0.418. The van der Waals surface area contributed by atoms with E-state index in [9.17, 15) is 0 Å². The highest BCUT2D eigenvalue weighted by Gasteiger charge is 2.32. The number of nitrogens with zero attached hydrogens (tertiary/aromatic N) is 4. The van der Waals surface area contributed by atoms with Crippen molar-refractivity contribution in [3.8, 4) is 5.75 Å². The molecule has 2 heterocycles. The Morgan fingerprint density at radius 1 is 1.00 bits per heavy atom. The summed E-state index contributed by atoms with van der Waals surface area (Å²) in [7, 11) is 3.35. The molecule has 0 amide bonds. The van der Waals surface area contributed by atoms with E-state index < -0.39 is 0 Å². The number of rotatable bonds is 6. The number of anilines is 1. The first-order chi connectivity index (χ1) is 16.6. The number of fused-ring (bicyclic) bond motifs is 1. The molecular weight excluding hydrogens is 426 g/mol. The topological polar surface area (TPSA) is 77.9 Å². The minimum Gasteiger partial charge on any atom is -0.497 e. The molecule has 2 aromatic carbocycles. The minimum atomic E-state index is 0.369. The fraction of sp³-hybridized carbons (Fsp3) is 0.481. The number of aromatic nitrogens is 2. The maximum Gasteiger partial charge on any atom is 0.119 e. The van der Waals surface area contributed by atoms with Crippen LogP contribution in [0.25, 0.3) is 10.8 Å². The van der Waals surface area contributed by atoms with Crippen LogP contribution < -0.4 is 10.5 Å². The molecule has 7 nitrogen and oxygen atoms in total. The molecule has 5 rings (SSSR count). The molecule has 1 aliphatic heterocycles. The molecule has 2 aliphatic rings. The third kappa shape index (κ3) is 4.75. The van der Waals surface area contributed by atoms with E-state index in [4.69, 9.17) is 15.3 Å². The van der Waals surface area contributed by atoms with Crippen molar-refractivity contribution in [2.75, 3.05) is 33.0 Å². The third-order valence-electron chi connectivity index (χ3n) is 7.55. The number of oxime groups is 1. The minimum absolute atomic E-state index is 0.369. The predicted molar refractivity (Wildman–Crippen MR) is 136 cm³/mol. The monoisotopic (exact) mass is 461 g/mol. The van der Waals surface area contributed by atoms with Gasteiger partial charge in [0.2, 0.25) is 0 Å². The van der Waals surface area contributed by atoms with E-state index in [0.717, 1.165) is 48.5 Å². The number of nitrogens with two attached hydrogens (primary N) is 1. The Balaban J connectivity index is 1.28. The summed E-state index contributed by atoms with van der Waals surface area (Å²) in [5.41, 5.74) is 8.83. The van der Waals surface area contributed by atoms with Crippen molar-refractivity contribution >= 4 is 22.2 Å². The molecule has 180 valence electrons. The third-order valence-corrected chi connectivity index (χ3v) is 7.55. The van der Waals surface area contributed by atoms with Crippen molar-refractivity contribution in [2.24, 2.45) is 11.1 Å². The number of piperidine rings is 1. The summed E-state index contributed by atoms with van der Waals surface area (Å²) in [6.45, 7) is 2.20. The first kappa shape index (κ1) is 22.7. The van der Waals surface area contributed by atoms with Crippen LogP contribution in [0.5, 0.6) is 5.75 Å². The van der Waals surface area contributed by atoms with Gasteiger partial charge in [-0.1, -0.05) is 23.4 Å². The lowest BCUT2D eigenvalue weighted by molar-refractivity contribution is 0.100. The van der Waals surface area contributed by atoms with Crippen LogP contribution in [-0.4, -0.2) is 53.7 Å².